The number of rotatable bonds is 2. The van der Waals surface area contributed by atoms with Crippen LogP contribution in [0.2, 0.25) is 0 Å². The molecule has 0 spiro atoms. The van der Waals surface area contributed by atoms with Gasteiger partial charge in [-0.1, -0.05) is 19.3 Å². The average Bonchev–Trinajstić information content (AvgIpc) is 2.37. The van der Waals surface area contributed by atoms with Crippen LogP contribution in [0.4, 0.5) is 13.2 Å². The van der Waals surface area contributed by atoms with Gasteiger partial charge in [0.25, 0.3) is 5.56 Å². The van der Waals surface area contributed by atoms with E-state index in [2.05, 4.69) is 0 Å². The zero-order valence-corrected chi connectivity index (χ0v) is 10.6. The van der Waals surface area contributed by atoms with Crippen LogP contribution >= 0.6 is 0 Å². The maximum Gasteiger partial charge on any atom is 0.431 e. The second-order valence-electron chi connectivity index (χ2n) is 4.90. The number of aromatic nitrogens is 1. The second kappa shape index (κ2) is 5.30. The number of pyridine rings is 1. The maximum absolute atomic E-state index is 13.0. The zero-order chi connectivity index (χ0) is 14.9. The van der Waals surface area contributed by atoms with Crippen LogP contribution < -0.4 is 5.56 Å². The van der Waals surface area contributed by atoms with E-state index in [1.165, 1.54) is 0 Å². The van der Waals surface area contributed by atoms with Crippen LogP contribution in [0.15, 0.2) is 16.9 Å². The topological polar surface area (TPSA) is 59.3 Å². The average molecular weight is 289 g/mol. The third kappa shape index (κ3) is 2.71. The van der Waals surface area contributed by atoms with Crippen molar-refractivity contribution in [2.75, 3.05) is 0 Å². The van der Waals surface area contributed by atoms with Crippen molar-refractivity contribution in [1.82, 2.24) is 4.57 Å². The normalized spacial score (nSPS) is 17.1. The van der Waals surface area contributed by atoms with E-state index in [4.69, 9.17) is 5.11 Å². The van der Waals surface area contributed by atoms with Gasteiger partial charge in [0.15, 0.2) is 0 Å². The third-order valence-electron chi connectivity index (χ3n) is 3.58. The van der Waals surface area contributed by atoms with Crippen LogP contribution in [0, 0.1) is 0 Å². The van der Waals surface area contributed by atoms with Crippen molar-refractivity contribution in [2.24, 2.45) is 0 Å². The fourth-order valence-electron chi connectivity index (χ4n) is 2.65. The highest BCUT2D eigenvalue weighted by atomic mass is 19.4. The summed E-state index contributed by atoms with van der Waals surface area (Å²) in [4.78, 5) is 23.0. The van der Waals surface area contributed by atoms with Crippen LogP contribution in [0.1, 0.15) is 54.2 Å². The predicted molar refractivity (Wildman–Crippen MR) is 64.8 cm³/mol. The lowest BCUT2D eigenvalue weighted by molar-refractivity contribution is -0.145. The number of hydrogen-bond acceptors (Lipinski definition) is 2. The van der Waals surface area contributed by atoms with Crippen molar-refractivity contribution in [3.05, 3.63) is 33.7 Å². The molecule has 0 amide bonds. The number of carboxylic acid groups (broad SMARTS) is 1. The van der Waals surface area contributed by atoms with Gasteiger partial charge >= 0.3 is 12.1 Å². The Balaban J connectivity index is 2.62. The summed E-state index contributed by atoms with van der Waals surface area (Å²) >= 11 is 0. The van der Waals surface area contributed by atoms with E-state index < -0.39 is 35.0 Å². The van der Waals surface area contributed by atoms with Gasteiger partial charge in [0.05, 0.1) is 0 Å². The van der Waals surface area contributed by atoms with E-state index in [9.17, 15) is 22.8 Å². The van der Waals surface area contributed by atoms with E-state index in [0.717, 1.165) is 25.3 Å². The van der Waals surface area contributed by atoms with E-state index >= 15 is 0 Å². The standard InChI is InChI=1S/C13H14F3NO3/c14-13(15,16)10-7-6-9(12(19)20)11(18)17(10)8-4-2-1-3-5-8/h6-8H,1-5H2,(H,19,20). The first kappa shape index (κ1) is 14.6. The molecule has 0 radical (unpaired) electrons. The van der Waals surface area contributed by atoms with Crippen LogP contribution in [0.5, 0.6) is 0 Å². The summed E-state index contributed by atoms with van der Waals surface area (Å²) < 4.78 is 39.7. The molecule has 1 aromatic rings. The van der Waals surface area contributed by atoms with Gasteiger partial charge in [-0.15, -0.1) is 0 Å². The molecule has 1 aliphatic carbocycles. The molecule has 1 fully saturated rings. The molecule has 0 saturated heterocycles. The molecule has 1 aliphatic rings. The summed E-state index contributed by atoms with van der Waals surface area (Å²) in [6, 6.07) is 0.832. The van der Waals surface area contributed by atoms with Gasteiger partial charge in [0.1, 0.15) is 11.3 Å². The van der Waals surface area contributed by atoms with Gasteiger partial charge in [-0.2, -0.15) is 13.2 Å². The summed E-state index contributed by atoms with van der Waals surface area (Å²) in [5.74, 6) is -1.51. The predicted octanol–water partition coefficient (Wildman–Crippen LogP) is 3.07. The van der Waals surface area contributed by atoms with E-state index in [-0.39, 0.29) is 0 Å². The summed E-state index contributed by atoms with van der Waals surface area (Å²) in [5.41, 5.74) is -2.76. The van der Waals surface area contributed by atoms with Crippen LogP contribution in [-0.2, 0) is 6.18 Å². The molecule has 0 aromatic carbocycles. The number of carboxylic acids is 1. The van der Waals surface area contributed by atoms with Gasteiger partial charge in [-0.05, 0) is 25.0 Å². The van der Waals surface area contributed by atoms with Gasteiger partial charge in [0.2, 0.25) is 0 Å². The Hall–Kier alpha value is -1.79. The Morgan fingerprint density at radius 2 is 1.80 bits per heavy atom. The lowest BCUT2D eigenvalue weighted by atomic mass is 9.94. The van der Waals surface area contributed by atoms with Crippen molar-refractivity contribution in [3.8, 4) is 0 Å². The molecule has 20 heavy (non-hydrogen) atoms. The van der Waals surface area contributed by atoms with Crippen molar-refractivity contribution < 1.29 is 23.1 Å². The molecular weight excluding hydrogens is 275 g/mol. The van der Waals surface area contributed by atoms with Crippen molar-refractivity contribution in [1.29, 1.82) is 0 Å². The minimum Gasteiger partial charge on any atom is -0.477 e. The molecule has 7 heteroatoms. The molecule has 0 bridgehead atoms. The summed E-state index contributed by atoms with van der Waals surface area (Å²) in [6.45, 7) is 0. The lowest BCUT2D eigenvalue weighted by Gasteiger charge is -2.27. The first-order valence-corrected chi connectivity index (χ1v) is 6.38. The van der Waals surface area contributed by atoms with Gasteiger partial charge in [-0.25, -0.2) is 4.79 Å². The Bertz CT molecular complexity index is 571. The van der Waals surface area contributed by atoms with Crippen molar-refractivity contribution in [3.63, 3.8) is 0 Å². The minimum atomic E-state index is -4.67. The number of hydrogen-bond donors (Lipinski definition) is 1. The Kier molecular flexibility index (Phi) is 3.87. The summed E-state index contributed by atoms with van der Waals surface area (Å²) in [6.07, 6.45) is -1.34. The molecule has 110 valence electrons. The van der Waals surface area contributed by atoms with E-state index in [0.29, 0.717) is 23.5 Å². The maximum atomic E-state index is 13.0. The molecular formula is C13H14F3NO3. The molecule has 4 nitrogen and oxygen atoms in total. The fraction of sp³-hybridized carbons (Fsp3) is 0.538. The quantitative estimate of drug-likeness (QED) is 0.910. The van der Waals surface area contributed by atoms with Crippen LogP contribution in [-0.4, -0.2) is 15.6 Å². The van der Waals surface area contributed by atoms with Gasteiger partial charge in [-0.3, -0.25) is 4.79 Å². The molecule has 1 N–H and O–H groups in total. The van der Waals surface area contributed by atoms with Gasteiger partial charge in [0, 0.05) is 6.04 Å². The number of nitrogens with zero attached hydrogens (tertiary/aromatic N) is 1. The van der Waals surface area contributed by atoms with Gasteiger partial charge < -0.3 is 9.67 Å². The first-order chi connectivity index (χ1) is 9.32. The molecule has 1 heterocycles. The number of aromatic carboxylic acids is 1. The molecule has 0 atom stereocenters. The fourth-order valence-corrected chi connectivity index (χ4v) is 2.65. The smallest absolute Gasteiger partial charge is 0.431 e. The molecule has 0 aliphatic heterocycles. The molecule has 1 saturated carbocycles. The molecule has 0 unspecified atom stereocenters. The Labute approximate surface area is 112 Å². The lowest BCUT2D eigenvalue weighted by Crippen LogP contribution is -2.35. The van der Waals surface area contributed by atoms with E-state index in [1.807, 2.05) is 0 Å². The number of halogens is 3. The van der Waals surface area contributed by atoms with Crippen molar-refractivity contribution >= 4 is 5.97 Å². The minimum absolute atomic E-state index is 0.464. The number of carbonyl (C=O) groups is 1. The first-order valence-electron chi connectivity index (χ1n) is 6.38. The van der Waals surface area contributed by atoms with Crippen molar-refractivity contribution in [2.45, 2.75) is 44.3 Å². The Morgan fingerprint density at radius 3 is 2.30 bits per heavy atom. The zero-order valence-electron chi connectivity index (χ0n) is 10.6. The largest absolute Gasteiger partial charge is 0.477 e. The highest BCUT2D eigenvalue weighted by Gasteiger charge is 2.37. The SMILES string of the molecule is O=C(O)c1ccc(C(F)(F)F)n(C2CCCCC2)c1=O. The van der Waals surface area contributed by atoms with Crippen LogP contribution in [0.3, 0.4) is 0 Å². The highest BCUT2D eigenvalue weighted by Crippen LogP contribution is 2.34. The monoisotopic (exact) mass is 289 g/mol. The van der Waals surface area contributed by atoms with Crippen LogP contribution in [0.25, 0.3) is 0 Å². The summed E-state index contributed by atoms with van der Waals surface area (Å²) in [5, 5.41) is 8.89. The van der Waals surface area contributed by atoms with E-state index in [1.54, 1.807) is 0 Å². The highest BCUT2D eigenvalue weighted by molar-refractivity contribution is 5.87. The Morgan fingerprint density at radius 1 is 1.20 bits per heavy atom. The number of alkyl halides is 3. The third-order valence-corrected chi connectivity index (χ3v) is 3.58. The molecule has 1 aromatic heterocycles. The summed E-state index contributed by atoms with van der Waals surface area (Å²) in [7, 11) is 0. The molecule has 2 rings (SSSR count). The second-order valence-corrected chi connectivity index (χ2v) is 4.90.